The second-order valence-electron chi connectivity index (χ2n) is 3.97. The molecule has 0 heterocycles. The Hall–Kier alpha value is -0.690. The fourth-order valence-corrected chi connectivity index (χ4v) is 1.73. The Balaban J connectivity index is 2.33. The Morgan fingerprint density at radius 3 is 2.73 bits per heavy atom. The van der Waals surface area contributed by atoms with Gasteiger partial charge in [0.05, 0.1) is 10.7 Å². The summed E-state index contributed by atoms with van der Waals surface area (Å²) in [7, 11) is 0. The molecule has 1 nitrogen and oxygen atoms in total. The van der Waals surface area contributed by atoms with Crippen molar-refractivity contribution in [3.05, 3.63) is 28.8 Å². The number of nitrogens with one attached hydrogen (secondary N) is 1. The highest BCUT2D eigenvalue weighted by atomic mass is 35.5. The zero-order chi connectivity index (χ0) is 11.1. The first-order valence-corrected chi connectivity index (χ1v) is 6.12. The first kappa shape index (κ1) is 12.4. The summed E-state index contributed by atoms with van der Waals surface area (Å²) in [6, 6.07) is 6.08. The van der Waals surface area contributed by atoms with Gasteiger partial charge in [-0.05, 0) is 31.0 Å². The molecule has 0 radical (unpaired) electrons. The molecule has 1 aromatic carbocycles. The van der Waals surface area contributed by atoms with Crippen LogP contribution >= 0.6 is 11.6 Å². The Morgan fingerprint density at radius 1 is 1.20 bits per heavy atom. The molecule has 1 N–H and O–H groups in total. The van der Waals surface area contributed by atoms with Crippen molar-refractivity contribution < 1.29 is 0 Å². The zero-order valence-electron chi connectivity index (χ0n) is 9.65. The van der Waals surface area contributed by atoms with Crippen LogP contribution in [-0.2, 0) is 0 Å². The van der Waals surface area contributed by atoms with Gasteiger partial charge in [0.1, 0.15) is 0 Å². The largest absolute Gasteiger partial charge is 0.384 e. The number of rotatable bonds is 6. The van der Waals surface area contributed by atoms with Gasteiger partial charge in [0, 0.05) is 6.54 Å². The number of halogens is 1. The van der Waals surface area contributed by atoms with Crippen molar-refractivity contribution in [2.75, 3.05) is 11.9 Å². The highest BCUT2D eigenvalue weighted by molar-refractivity contribution is 6.33. The van der Waals surface area contributed by atoms with Crippen molar-refractivity contribution in [1.82, 2.24) is 0 Å². The van der Waals surface area contributed by atoms with E-state index in [-0.39, 0.29) is 0 Å². The maximum absolute atomic E-state index is 6.07. The molecule has 0 fully saturated rings. The molecule has 0 saturated heterocycles. The molecule has 0 aliphatic rings. The van der Waals surface area contributed by atoms with Crippen molar-refractivity contribution in [3.8, 4) is 0 Å². The van der Waals surface area contributed by atoms with Gasteiger partial charge < -0.3 is 5.32 Å². The highest BCUT2D eigenvalue weighted by Gasteiger charge is 1.98. The summed E-state index contributed by atoms with van der Waals surface area (Å²) in [6.07, 6.45) is 5.12. The third kappa shape index (κ3) is 4.57. The molecule has 0 unspecified atom stereocenters. The summed E-state index contributed by atoms with van der Waals surface area (Å²) in [6.45, 7) is 5.33. The summed E-state index contributed by atoms with van der Waals surface area (Å²) in [4.78, 5) is 0. The molecule has 2 heteroatoms. The maximum Gasteiger partial charge on any atom is 0.0637 e. The third-order valence-electron chi connectivity index (χ3n) is 2.47. The molecule has 1 aromatic rings. The Bertz CT molecular complexity index is 297. The molecule has 15 heavy (non-hydrogen) atoms. The lowest BCUT2D eigenvalue weighted by molar-refractivity contribution is 0.685. The average molecular weight is 226 g/mol. The molecular formula is C13H20ClN. The summed E-state index contributed by atoms with van der Waals surface area (Å²) in [5.41, 5.74) is 2.31. The predicted octanol–water partition coefficient (Wildman–Crippen LogP) is 4.64. The minimum absolute atomic E-state index is 0.816. The monoisotopic (exact) mass is 225 g/mol. The van der Waals surface area contributed by atoms with Gasteiger partial charge in [-0.1, -0.05) is 43.9 Å². The molecule has 0 spiro atoms. The fraction of sp³-hybridized carbons (Fsp3) is 0.538. The van der Waals surface area contributed by atoms with E-state index in [1.165, 1.54) is 31.2 Å². The van der Waals surface area contributed by atoms with Crippen LogP contribution in [0.3, 0.4) is 0 Å². The van der Waals surface area contributed by atoms with Gasteiger partial charge in [0.2, 0.25) is 0 Å². The quantitative estimate of drug-likeness (QED) is 0.696. The zero-order valence-corrected chi connectivity index (χ0v) is 10.4. The van der Waals surface area contributed by atoms with E-state index in [4.69, 9.17) is 11.6 Å². The molecule has 0 aliphatic heterocycles. The van der Waals surface area contributed by atoms with Crippen LogP contribution in [0, 0.1) is 6.92 Å². The average Bonchev–Trinajstić information content (AvgIpc) is 2.23. The van der Waals surface area contributed by atoms with E-state index in [1.54, 1.807) is 0 Å². The van der Waals surface area contributed by atoms with Crippen LogP contribution in [0.2, 0.25) is 5.02 Å². The van der Waals surface area contributed by atoms with Crippen LogP contribution < -0.4 is 5.32 Å². The van der Waals surface area contributed by atoms with Crippen LogP contribution in [0.1, 0.15) is 38.2 Å². The van der Waals surface area contributed by atoms with Gasteiger partial charge in [0.25, 0.3) is 0 Å². The van der Waals surface area contributed by atoms with Gasteiger partial charge in [-0.3, -0.25) is 0 Å². The SMILES string of the molecule is CCCCCCNc1cc(C)ccc1Cl. The van der Waals surface area contributed by atoms with E-state index >= 15 is 0 Å². The van der Waals surface area contributed by atoms with Crippen molar-refractivity contribution in [1.29, 1.82) is 0 Å². The van der Waals surface area contributed by atoms with Gasteiger partial charge in [-0.2, -0.15) is 0 Å². The molecule has 1 rings (SSSR count). The molecule has 0 aromatic heterocycles. The van der Waals surface area contributed by atoms with Crippen LogP contribution in [0.15, 0.2) is 18.2 Å². The van der Waals surface area contributed by atoms with Crippen LogP contribution in [0.4, 0.5) is 5.69 Å². The molecule has 0 saturated carbocycles. The van der Waals surface area contributed by atoms with Crippen molar-refractivity contribution in [3.63, 3.8) is 0 Å². The standard InChI is InChI=1S/C13H20ClN/c1-3-4-5-6-9-15-13-10-11(2)7-8-12(13)14/h7-8,10,15H,3-6,9H2,1-2H3. The highest BCUT2D eigenvalue weighted by Crippen LogP contribution is 2.22. The fourth-order valence-electron chi connectivity index (χ4n) is 1.55. The van der Waals surface area contributed by atoms with E-state index in [0.717, 1.165) is 17.3 Å². The number of hydrogen-bond acceptors (Lipinski definition) is 1. The maximum atomic E-state index is 6.07. The molecule has 0 amide bonds. The van der Waals surface area contributed by atoms with Gasteiger partial charge in [-0.15, -0.1) is 0 Å². The minimum atomic E-state index is 0.816. The lowest BCUT2D eigenvalue weighted by Gasteiger charge is -2.08. The van der Waals surface area contributed by atoms with Gasteiger partial charge in [-0.25, -0.2) is 0 Å². The lowest BCUT2D eigenvalue weighted by atomic mass is 10.2. The van der Waals surface area contributed by atoms with Gasteiger partial charge >= 0.3 is 0 Å². The summed E-state index contributed by atoms with van der Waals surface area (Å²) >= 11 is 6.07. The summed E-state index contributed by atoms with van der Waals surface area (Å²) in [5.74, 6) is 0. The minimum Gasteiger partial charge on any atom is -0.384 e. The first-order chi connectivity index (χ1) is 7.24. The van der Waals surface area contributed by atoms with Crippen LogP contribution in [-0.4, -0.2) is 6.54 Å². The van der Waals surface area contributed by atoms with Crippen molar-refractivity contribution >= 4 is 17.3 Å². The second kappa shape index (κ2) is 6.73. The van der Waals surface area contributed by atoms with Crippen molar-refractivity contribution in [2.45, 2.75) is 39.5 Å². The lowest BCUT2D eigenvalue weighted by Crippen LogP contribution is -2.02. The van der Waals surface area contributed by atoms with E-state index in [9.17, 15) is 0 Å². The number of hydrogen-bond donors (Lipinski definition) is 1. The summed E-state index contributed by atoms with van der Waals surface area (Å²) in [5, 5.41) is 4.20. The topological polar surface area (TPSA) is 12.0 Å². The van der Waals surface area contributed by atoms with E-state index < -0.39 is 0 Å². The number of anilines is 1. The number of aryl methyl sites for hydroxylation is 1. The first-order valence-electron chi connectivity index (χ1n) is 5.74. The molecular weight excluding hydrogens is 206 g/mol. The normalized spacial score (nSPS) is 10.3. The summed E-state index contributed by atoms with van der Waals surface area (Å²) < 4.78 is 0. The number of unbranched alkanes of at least 4 members (excludes halogenated alkanes) is 3. The Kier molecular flexibility index (Phi) is 5.56. The Morgan fingerprint density at radius 2 is 2.00 bits per heavy atom. The predicted molar refractivity (Wildman–Crippen MR) is 68.8 cm³/mol. The third-order valence-corrected chi connectivity index (χ3v) is 2.80. The number of benzene rings is 1. The van der Waals surface area contributed by atoms with Gasteiger partial charge in [0.15, 0.2) is 0 Å². The van der Waals surface area contributed by atoms with Crippen molar-refractivity contribution in [2.24, 2.45) is 0 Å². The molecule has 0 bridgehead atoms. The molecule has 84 valence electrons. The molecule has 0 aliphatic carbocycles. The Labute approximate surface area is 97.8 Å². The van der Waals surface area contributed by atoms with Crippen LogP contribution in [0.5, 0.6) is 0 Å². The van der Waals surface area contributed by atoms with E-state index in [2.05, 4.69) is 25.2 Å². The smallest absolute Gasteiger partial charge is 0.0637 e. The van der Waals surface area contributed by atoms with E-state index in [0.29, 0.717) is 0 Å². The van der Waals surface area contributed by atoms with Crippen LogP contribution in [0.25, 0.3) is 0 Å². The molecule has 0 atom stereocenters. The van der Waals surface area contributed by atoms with E-state index in [1.807, 2.05) is 12.1 Å². The second-order valence-corrected chi connectivity index (χ2v) is 4.38.